The quantitative estimate of drug-likeness (QED) is 0.598. The Morgan fingerprint density at radius 3 is 2.87 bits per heavy atom. The van der Waals surface area contributed by atoms with Crippen molar-refractivity contribution in [3.63, 3.8) is 0 Å². The molecule has 23 heavy (non-hydrogen) atoms. The Labute approximate surface area is 142 Å². The maximum Gasteiger partial charge on any atom is 0.312 e. The number of carbonyl (C=O) groups is 2. The number of ether oxygens (including phenoxy) is 2. The summed E-state index contributed by atoms with van der Waals surface area (Å²) < 4.78 is 12.1. The maximum absolute atomic E-state index is 13.0. The van der Waals surface area contributed by atoms with Crippen molar-refractivity contribution in [1.82, 2.24) is 0 Å². The molecule has 3 heterocycles. The average molecular weight is 378 g/mol. The lowest BCUT2D eigenvalue weighted by Gasteiger charge is -2.22. The molecule has 0 radical (unpaired) electrons. The third-order valence-corrected chi connectivity index (χ3v) is 5.33. The van der Waals surface area contributed by atoms with Crippen LogP contribution in [0.1, 0.15) is 6.92 Å². The molecule has 6 heteroatoms. The van der Waals surface area contributed by atoms with Crippen LogP contribution in [0, 0.1) is 11.8 Å². The van der Waals surface area contributed by atoms with Crippen molar-refractivity contribution < 1.29 is 19.1 Å². The highest BCUT2D eigenvalue weighted by atomic mass is 79.9. The van der Waals surface area contributed by atoms with Gasteiger partial charge in [0.15, 0.2) is 0 Å². The first-order valence-electron chi connectivity index (χ1n) is 7.66. The zero-order chi connectivity index (χ0) is 16.2. The second-order valence-electron chi connectivity index (χ2n) is 6.05. The van der Waals surface area contributed by atoms with Gasteiger partial charge in [0.2, 0.25) is 5.91 Å². The van der Waals surface area contributed by atoms with E-state index >= 15 is 0 Å². The van der Waals surface area contributed by atoms with E-state index in [0.29, 0.717) is 13.2 Å². The molecule has 2 saturated heterocycles. The SMILES string of the molecule is CCOC(=O)[C@H]1[C@H]2C(=O)N(c3ccc(Br)cc3)C[C@]23C=C[C@H]1O3. The Morgan fingerprint density at radius 2 is 2.17 bits per heavy atom. The van der Waals surface area contributed by atoms with Crippen molar-refractivity contribution in [3.8, 4) is 0 Å². The second kappa shape index (κ2) is 5.18. The molecule has 0 aliphatic carbocycles. The molecule has 0 N–H and O–H groups in total. The van der Waals surface area contributed by atoms with E-state index in [2.05, 4.69) is 15.9 Å². The van der Waals surface area contributed by atoms with Crippen LogP contribution in [-0.2, 0) is 19.1 Å². The fraction of sp³-hybridized carbons (Fsp3) is 0.412. The zero-order valence-corrected chi connectivity index (χ0v) is 14.2. The van der Waals surface area contributed by atoms with Crippen LogP contribution in [0.5, 0.6) is 0 Å². The Kier molecular flexibility index (Phi) is 3.35. The van der Waals surface area contributed by atoms with Gasteiger partial charge in [-0.05, 0) is 31.2 Å². The lowest BCUT2D eigenvalue weighted by atomic mass is 9.77. The normalized spacial score (nSPS) is 34.1. The molecule has 2 bridgehead atoms. The molecule has 3 aliphatic heterocycles. The molecule has 4 atom stereocenters. The fourth-order valence-corrected chi connectivity index (χ4v) is 4.11. The summed E-state index contributed by atoms with van der Waals surface area (Å²) >= 11 is 3.39. The lowest BCUT2D eigenvalue weighted by Crippen LogP contribution is -2.40. The van der Waals surface area contributed by atoms with Gasteiger partial charge in [-0.25, -0.2) is 0 Å². The highest BCUT2D eigenvalue weighted by Crippen LogP contribution is 2.52. The zero-order valence-electron chi connectivity index (χ0n) is 12.6. The first kappa shape index (κ1) is 14.9. The van der Waals surface area contributed by atoms with Gasteiger partial charge in [-0.2, -0.15) is 0 Å². The van der Waals surface area contributed by atoms with Gasteiger partial charge < -0.3 is 14.4 Å². The van der Waals surface area contributed by atoms with E-state index in [9.17, 15) is 9.59 Å². The number of nitrogens with zero attached hydrogens (tertiary/aromatic N) is 1. The number of carbonyl (C=O) groups excluding carboxylic acids is 2. The lowest BCUT2D eigenvalue weighted by molar-refractivity contribution is -0.151. The van der Waals surface area contributed by atoms with E-state index in [1.165, 1.54) is 0 Å². The van der Waals surface area contributed by atoms with Crippen LogP contribution in [0.4, 0.5) is 5.69 Å². The topological polar surface area (TPSA) is 55.8 Å². The summed E-state index contributed by atoms with van der Waals surface area (Å²) in [4.78, 5) is 27.0. The number of halogens is 1. The Bertz CT molecular complexity index is 701. The van der Waals surface area contributed by atoms with E-state index in [4.69, 9.17) is 9.47 Å². The number of fused-ring (bicyclic) bond motifs is 1. The van der Waals surface area contributed by atoms with Gasteiger partial charge >= 0.3 is 5.97 Å². The number of amides is 1. The molecule has 1 amide bonds. The van der Waals surface area contributed by atoms with Crippen LogP contribution in [0.25, 0.3) is 0 Å². The molecule has 1 spiro atoms. The van der Waals surface area contributed by atoms with Gasteiger partial charge in [-0.15, -0.1) is 0 Å². The summed E-state index contributed by atoms with van der Waals surface area (Å²) in [5.41, 5.74) is 0.108. The van der Waals surface area contributed by atoms with E-state index in [-0.39, 0.29) is 18.0 Å². The number of hydrogen-bond donors (Lipinski definition) is 0. The maximum atomic E-state index is 13.0. The van der Waals surface area contributed by atoms with E-state index < -0.39 is 17.4 Å². The molecule has 0 saturated carbocycles. The number of anilines is 1. The summed E-state index contributed by atoms with van der Waals surface area (Å²) in [5.74, 6) is -1.47. The average Bonchev–Trinajstić information content (AvgIpc) is 3.17. The van der Waals surface area contributed by atoms with Crippen LogP contribution >= 0.6 is 15.9 Å². The van der Waals surface area contributed by atoms with Crippen LogP contribution < -0.4 is 4.90 Å². The molecule has 2 fully saturated rings. The monoisotopic (exact) mass is 377 g/mol. The first-order chi connectivity index (χ1) is 11.1. The summed E-state index contributed by atoms with van der Waals surface area (Å²) in [7, 11) is 0. The van der Waals surface area contributed by atoms with Gasteiger partial charge in [0, 0.05) is 10.2 Å². The largest absolute Gasteiger partial charge is 0.466 e. The fourth-order valence-electron chi connectivity index (χ4n) is 3.85. The number of hydrogen-bond acceptors (Lipinski definition) is 4. The van der Waals surface area contributed by atoms with Gasteiger partial charge in [-0.1, -0.05) is 28.1 Å². The first-order valence-corrected chi connectivity index (χ1v) is 8.46. The molecule has 120 valence electrons. The van der Waals surface area contributed by atoms with Crippen molar-refractivity contribution in [1.29, 1.82) is 0 Å². The predicted molar refractivity (Wildman–Crippen MR) is 86.9 cm³/mol. The predicted octanol–water partition coefficient (Wildman–Crippen LogP) is 2.30. The number of esters is 1. The van der Waals surface area contributed by atoms with Crippen molar-refractivity contribution >= 4 is 33.5 Å². The van der Waals surface area contributed by atoms with E-state index in [1.54, 1.807) is 11.8 Å². The van der Waals surface area contributed by atoms with Crippen LogP contribution in [-0.4, -0.2) is 36.7 Å². The minimum atomic E-state index is -0.702. The molecule has 5 nitrogen and oxygen atoms in total. The highest BCUT2D eigenvalue weighted by molar-refractivity contribution is 9.10. The van der Waals surface area contributed by atoms with Gasteiger partial charge in [0.1, 0.15) is 11.5 Å². The summed E-state index contributed by atoms with van der Waals surface area (Å²) in [6.45, 7) is 2.50. The minimum Gasteiger partial charge on any atom is -0.466 e. The molecule has 3 aliphatic rings. The number of rotatable bonds is 3. The molecule has 1 aromatic rings. The minimum absolute atomic E-state index is 0.0720. The van der Waals surface area contributed by atoms with Crippen LogP contribution in [0.3, 0.4) is 0 Å². The highest BCUT2D eigenvalue weighted by Gasteiger charge is 2.67. The summed E-state index contributed by atoms with van der Waals surface area (Å²) in [5, 5.41) is 0. The van der Waals surface area contributed by atoms with Crippen molar-refractivity contribution in [3.05, 3.63) is 40.9 Å². The third kappa shape index (κ3) is 2.08. The van der Waals surface area contributed by atoms with Crippen LogP contribution in [0.15, 0.2) is 40.9 Å². The van der Waals surface area contributed by atoms with E-state index in [0.717, 1.165) is 10.2 Å². The van der Waals surface area contributed by atoms with E-state index in [1.807, 2.05) is 36.4 Å². The second-order valence-corrected chi connectivity index (χ2v) is 6.97. The van der Waals surface area contributed by atoms with Crippen molar-refractivity contribution in [2.45, 2.75) is 18.6 Å². The molecule has 4 rings (SSSR count). The smallest absolute Gasteiger partial charge is 0.312 e. The number of benzene rings is 1. The molecule has 1 aromatic carbocycles. The Balaban J connectivity index is 1.68. The van der Waals surface area contributed by atoms with Gasteiger partial charge in [-0.3, -0.25) is 9.59 Å². The summed E-state index contributed by atoms with van der Waals surface area (Å²) in [6.07, 6.45) is 3.47. The van der Waals surface area contributed by atoms with Gasteiger partial charge in [0.25, 0.3) is 0 Å². The molecular weight excluding hydrogens is 362 g/mol. The van der Waals surface area contributed by atoms with Crippen molar-refractivity contribution in [2.75, 3.05) is 18.1 Å². The Morgan fingerprint density at radius 1 is 1.43 bits per heavy atom. The van der Waals surface area contributed by atoms with Crippen molar-refractivity contribution in [2.24, 2.45) is 11.8 Å². The standard InChI is InChI=1S/C17H16BrNO4/c1-2-22-16(21)13-12-7-8-17(23-12)9-19(15(20)14(13)17)11-5-3-10(18)4-6-11/h3-8,12-14H,2,9H2,1H3/t12-,13-,14+,17-/m1/s1. The summed E-state index contributed by atoms with van der Waals surface area (Å²) in [6, 6.07) is 7.56. The third-order valence-electron chi connectivity index (χ3n) is 4.80. The van der Waals surface area contributed by atoms with Gasteiger partial charge in [0.05, 0.1) is 25.2 Å². The molecule has 0 unspecified atom stereocenters. The molecular formula is C17H16BrNO4. The van der Waals surface area contributed by atoms with Crippen LogP contribution in [0.2, 0.25) is 0 Å². The molecule has 0 aromatic heterocycles. The Hall–Kier alpha value is -1.66.